The minimum absolute atomic E-state index is 0.0284. The van der Waals surface area contributed by atoms with Crippen molar-refractivity contribution in [2.45, 2.75) is 11.8 Å². The van der Waals surface area contributed by atoms with Crippen molar-refractivity contribution in [2.24, 2.45) is 0 Å². The molecule has 0 bridgehead atoms. The smallest absolute Gasteiger partial charge is 0.339 e. The van der Waals surface area contributed by atoms with Gasteiger partial charge in [-0.3, -0.25) is 14.4 Å². The molecule has 0 fully saturated rings. The van der Waals surface area contributed by atoms with Gasteiger partial charge in [-0.05, 0) is 54.6 Å². The molecule has 3 aromatic rings. The highest BCUT2D eigenvalue weighted by atomic mass is 32.2. The van der Waals surface area contributed by atoms with Gasteiger partial charge in [0.2, 0.25) is 11.8 Å². The third-order valence-corrected chi connectivity index (χ3v) is 5.68. The van der Waals surface area contributed by atoms with Crippen LogP contribution in [0.15, 0.2) is 77.7 Å². The van der Waals surface area contributed by atoms with Gasteiger partial charge in [-0.25, -0.2) is 4.79 Å². The number of amides is 2. The Balaban J connectivity index is 1.56. The van der Waals surface area contributed by atoms with E-state index >= 15 is 0 Å². The number of carbonyl (C=O) groups excluding carboxylic acids is 4. The Hall–Kier alpha value is -4.42. The van der Waals surface area contributed by atoms with Gasteiger partial charge in [0.15, 0.2) is 12.4 Å². The average molecular weight is 488 g/mol. The van der Waals surface area contributed by atoms with Gasteiger partial charge in [-0.1, -0.05) is 18.2 Å². The summed E-state index contributed by atoms with van der Waals surface area (Å²) in [6.07, 6.45) is 0. The van der Waals surface area contributed by atoms with Crippen LogP contribution in [0.3, 0.4) is 0 Å². The fourth-order valence-electron chi connectivity index (χ4n) is 3.00. The molecule has 0 unspecified atom stereocenters. The molecule has 0 aliphatic rings. The van der Waals surface area contributed by atoms with E-state index in [1.54, 1.807) is 60.7 Å². The van der Waals surface area contributed by atoms with E-state index in [1.165, 1.54) is 19.1 Å². The number of ether oxygens (including phenoxy) is 1. The highest BCUT2D eigenvalue weighted by Crippen LogP contribution is 2.24. The van der Waals surface area contributed by atoms with Crippen LogP contribution in [-0.2, 0) is 14.3 Å². The molecule has 2 amide bonds. The molecule has 0 radical (unpaired) electrons. The Bertz CT molecular complexity index is 1300. The van der Waals surface area contributed by atoms with E-state index in [1.807, 2.05) is 6.07 Å². The molecule has 9 heteroatoms. The molecule has 0 heterocycles. The second-order valence-electron chi connectivity index (χ2n) is 7.28. The number of hydrogen-bond acceptors (Lipinski definition) is 7. The monoisotopic (exact) mass is 487 g/mol. The summed E-state index contributed by atoms with van der Waals surface area (Å²) in [5.41, 5.74) is 2.07. The summed E-state index contributed by atoms with van der Waals surface area (Å²) in [6, 6.07) is 21.5. The lowest BCUT2D eigenvalue weighted by molar-refractivity contribution is -0.114. The zero-order valence-electron chi connectivity index (χ0n) is 18.7. The molecule has 0 aromatic heterocycles. The standard InChI is InChI=1S/C26H21N3O5S/c1-17(30)28-20-11-9-19(10-12-20)23(31)15-34-26(33)22-7-2-3-8-24(22)35-16-25(32)29-21-6-4-5-18(13-21)14-27/h2-13H,15-16H2,1H3,(H,28,30)(H,29,32). The molecule has 0 aliphatic heterocycles. The summed E-state index contributed by atoms with van der Waals surface area (Å²) in [6.45, 7) is 0.933. The van der Waals surface area contributed by atoms with Crippen molar-refractivity contribution in [3.8, 4) is 6.07 Å². The van der Waals surface area contributed by atoms with Crippen LogP contribution in [0.25, 0.3) is 0 Å². The highest BCUT2D eigenvalue weighted by molar-refractivity contribution is 8.00. The highest BCUT2D eigenvalue weighted by Gasteiger charge is 2.16. The second-order valence-corrected chi connectivity index (χ2v) is 8.30. The first-order valence-corrected chi connectivity index (χ1v) is 11.4. The van der Waals surface area contributed by atoms with Crippen molar-refractivity contribution in [2.75, 3.05) is 23.0 Å². The number of benzene rings is 3. The molecule has 2 N–H and O–H groups in total. The first-order chi connectivity index (χ1) is 16.9. The maximum absolute atomic E-state index is 12.6. The fourth-order valence-corrected chi connectivity index (χ4v) is 3.84. The Morgan fingerprint density at radius 2 is 1.66 bits per heavy atom. The number of nitrogens with zero attached hydrogens (tertiary/aromatic N) is 1. The third-order valence-electron chi connectivity index (χ3n) is 4.60. The van der Waals surface area contributed by atoms with Crippen LogP contribution in [-0.4, -0.2) is 35.9 Å². The number of carbonyl (C=O) groups is 4. The molecule has 0 aliphatic carbocycles. The molecular formula is C26H21N3O5S. The number of ketones is 1. The molecule has 8 nitrogen and oxygen atoms in total. The average Bonchev–Trinajstić information content (AvgIpc) is 2.86. The van der Waals surface area contributed by atoms with Gasteiger partial charge >= 0.3 is 5.97 Å². The minimum atomic E-state index is -0.682. The van der Waals surface area contributed by atoms with Gasteiger partial charge in [0.1, 0.15) is 0 Å². The van der Waals surface area contributed by atoms with Gasteiger partial charge in [0.25, 0.3) is 0 Å². The largest absolute Gasteiger partial charge is 0.454 e. The fraction of sp³-hybridized carbons (Fsp3) is 0.115. The van der Waals surface area contributed by atoms with Gasteiger partial charge in [0, 0.05) is 28.8 Å². The molecule has 0 saturated heterocycles. The normalized spacial score (nSPS) is 10.1. The van der Waals surface area contributed by atoms with Gasteiger partial charge in [-0.2, -0.15) is 5.26 Å². The molecule has 0 atom stereocenters. The van der Waals surface area contributed by atoms with Crippen LogP contribution in [0.4, 0.5) is 11.4 Å². The zero-order valence-corrected chi connectivity index (χ0v) is 19.6. The van der Waals surface area contributed by atoms with E-state index in [0.717, 1.165) is 11.8 Å². The number of anilines is 2. The van der Waals surface area contributed by atoms with Crippen LogP contribution in [0.1, 0.15) is 33.2 Å². The van der Waals surface area contributed by atoms with Gasteiger partial charge < -0.3 is 15.4 Å². The van der Waals surface area contributed by atoms with Crippen molar-refractivity contribution >= 4 is 46.7 Å². The van der Waals surface area contributed by atoms with E-state index in [0.29, 0.717) is 27.4 Å². The number of esters is 1. The van der Waals surface area contributed by atoms with Crippen LogP contribution in [0.5, 0.6) is 0 Å². The number of rotatable bonds is 9. The molecule has 0 saturated carbocycles. The third kappa shape index (κ3) is 7.55. The number of nitrogens with one attached hydrogen (secondary N) is 2. The maximum atomic E-state index is 12.6. The number of hydrogen-bond donors (Lipinski definition) is 2. The lowest BCUT2D eigenvalue weighted by atomic mass is 10.1. The number of Topliss-reactive ketones (excluding diaryl/α,β-unsaturated/α-hetero) is 1. The van der Waals surface area contributed by atoms with E-state index in [9.17, 15) is 19.2 Å². The van der Waals surface area contributed by atoms with E-state index in [2.05, 4.69) is 10.6 Å². The number of thioether (sulfide) groups is 1. The van der Waals surface area contributed by atoms with Crippen LogP contribution < -0.4 is 10.6 Å². The maximum Gasteiger partial charge on any atom is 0.339 e. The lowest BCUT2D eigenvalue weighted by Gasteiger charge is -2.10. The Kier molecular flexibility index (Phi) is 8.76. The summed E-state index contributed by atoms with van der Waals surface area (Å²) < 4.78 is 5.21. The Labute approximate surface area is 206 Å². The van der Waals surface area contributed by atoms with E-state index in [4.69, 9.17) is 10.00 Å². The molecular weight excluding hydrogens is 466 g/mol. The summed E-state index contributed by atoms with van der Waals surface area (Å²) in [5, 5.41) is 14.3. The first-order valence-electron chi connectivity index (χ1n) is 10.5. The zero-order chi connectivity index (χ0) is 25.2. The summed E-state index contributed by atoms with van der Waals surface area (Å²) >= 11 is 1.15. The van der Waals surface area contributed by atoms with E-state index < -0.39 is 18.4 Å². The Morgan fingerprint density at radius 1 is 0.914 bits per heavy atom. The van der Waals surface area contributed by atoms with Gasteiger partial charge in [-0.15, -0.1) is 11.8 Å². The molecule has 176 valence electrons. The molecule has 35 heavy (non-hydrogen) atoms. The second kappa shape index (κ2) is 12.2. The predicted molar refractivity (Wildman–Crippen MR) is 132 cm³/mol. The van der Waals surface area contributed by atoms with Gasteiger partial charge in [0.05, 0.1) is 22.9 Å². The van der Waals surface area contributed by atoms with Crippen molar-refractivity contribution in [1.82, 2.24) is 0 Å². The quantitative estimate of drug-likeness (QED) is 0.262. The van der Waals surface area contributed by atoms with Crippen molar-refractivity contribution in [1.29, 1.82) is 5.26 Å². The Morgan fingerprint density at radius 3 is 2.37 bits per heavy atom. The lowest BCUT2D eigenvalue weighted by Crippen LogP contribution is -2.16. The molecule has 3 rings (SSSR count). The minimum Gasteiger partial charge on any atom is -0.454 e. The van der Waals surface area contributed by atoms with Crippen molar-refractivity contribution in [3.05, 3.63) is 89.5 Å². The topological polar surface area (TPSA) is 125 Å². The van der Waals surface area contributed by atoms with Crippen LogP contribution >= 0.6 is 11.8 Å². The summed E-state index contributed by atoms with van der Waals surface area (Å²) in [4.78, 5) is 49.0. The van der Waals surface area contributed by atoms with E-state index in [-0.39, 0.29) is 23.1 Å². The molecule has 0 spiro atoms. The molecule has 3 aromatic carbocycles. The van der Waals surface area contributed by atoms with Crippen LogP contribution in [0.2, 0.25) is 0 Å². The summed E-state index contributed by atoms with van der Waals surface area (Å²) in [5.74, 6) is -1.57. The van der Waals surface area contributed by atoms with Crippen molar-refractivity contribution < 1.29 is 23.9 Å². The van der Waals surface area contributed by atoms with Crippen LogP contribution in [0, 0.1) is 11.3 Å². The first kappa shape index (κ1) is 25.2. The summed E-state index contributed by atoms with van der Waals surface area (Å²) in [7, 11) is 0. The number of nitriles is 1. The predicted octanol–water partition coefficient (Wildman–Crippen LogP) is 4.29. The van der Waals surface area contributed by atoms with Crippen molar-refractivity contribution in [3.63, 3.8) is 0 Å². The SMILES string of the molecule is CC(=O)Nc1ccc(C(=O)COC(=O)c2ccccc2SCC(=O)Nc2cccc(C#N)c2)cc1.